The minimum atomic E-state index is -0.536. The first kappa shape index (κ1) is 24.4. The van der Waals surface area contributed by atoms with Gasteiger partial charge in [-0.25, -0.2) is 9.78 Å². The molecule has 0 aliphatic carbocycles. The molecular formula is C30H27N5O4. The van der Waals surface area contributed by atoms with Crippen LogP contribution in [0.15, 0.2) is 65.7 Å². The van der Waals surface area contributed by atoms with E-state index in [1.165, 1.54) is 0 Å². The van der Waals surface area contributed by atoms with Crippen molar-refractivity contribution in [1.82, 2.24) is 19.4 Å². The average Bonchev–Trinajstić information content (AvgIpc) is 3.32. The first-order valence-electron chi connectivity index (χ1n) is 12.8. The molecule has 0 atom stereocenters. The molecule has 9 nitrogen and oxygen atoms in total. The summed E-state index contributed by atoms with van der Waals surface area (Å²) in [6, 6.07) is 16.6. The van der Waals surface area contributed by atoms with Gasteiger partial charge in [0, 0.05) is 29.6 Å². The van der Waals surface area contributed by atoms with Crippen LogP contribution in [0.4, 0.5) is 4.79 Å². The fraction of sp³-hybridized carbons (Fsp3) is 0.200. The van der Waals surface area contributed by atoms with Gasteiger partial charge in [-0.2, -0.15) is 0 Å². The van der Waals surface area contributed by atoms with Crippen molar-refractivity contribution in [3.8, 4) is 16.8 Å². The van der Waals surface area contributed by atoms with Gasteiger partial charge in [0.2, 0.25) is 0 Å². The number of aromatic nitrogens is 3. The highest BCUT2D eigenvalue weighted by Crippen LogP contribution is 2.39. The summed E-state index contributed by atoms with van der Waals surface area (Å²) in [5.74, 6) is -0.536. The van der Waals surface area contributed by atoms with Crippen LogP contribution in [0.2, 0.25) is 0 Å². The number of hydrogen-bond donors (Lipinski definition) is 2. The predicted molar refractivity (Wildman–Crippen MR) is 149 cm³/mol. The normalized spacial score (nSPS) is 13.0. The highest BCUT2D eigenvalue weighted by atomic mass is 16.6. The summed E-state index contributed by atoms with van der Waals surface area (Å²) >= 11 is 0. The third kappa shape index (κ3) is 3.94. The number of primary amides is 1. The molecule has 0 saturated carbocycles. The summed E-state index contributed by atoms with van der Waals surface area (Å²) in [6.45, 7) is 4.89. The number of para-hydroxylation sites is 1. The molecule has 3 heterocycles. The fourth-order valence-corrected chi connectivity index (χ4v) is 5.55. The Morgan fingerprint density at radius 3 is 2.69 bits per heavy atom. The second-order valence-corrected chi connectivity index (χ2v) is 9.61. The first-order valence-corrected chi connectivity index (χ1v) is 12.8. The first-order chi connectivity index (χ1) is 18.9. The Kier molecular flexibility index (Phi) is 5.91. The number of amides is 2. The fourth-order valence-electron chi connectivity index (χ4n) is 5.55. The van der Waals surface area contributed by atoms with E-state index in [-0.39, 0.29) is 11.7 Å². The molecule has 0 unspecified atom stereocenters. The van der Waals surface area contributed by atoms with Crippen molar-refractivity contribution in [3.63, 3.8) is 0 Å². The second kappa shape index (κ2) is 9.43. The van der Waals surface area contributed by atoms with Crippen molar-refractivity contribution in [2.75, 3.05) is 13.2 Å². The van der Waals surface area contributed by atoms with E-state index in [9.17, 15) is 14.4 Å². The Morgan fingerprint density at radius 1 is 1.08 bits per heavy atom. The van der Waals surface area contributed by atoms with Gasteiger partial charge in [0.05, 0.1) is 40.8 Å². The van der Waals surface area contributed by atoms with E-state index in [2.05, 4.69) is 9.97 Å². The van der Waals surface area contributed by atoms with Crippen molar-refractivity contribution in [2.24, 2.45) is 5.73 Å². The number of nitrogens with zero attached hydrogens (tertiary/aromatic N) is 3. The van der Waals surface area contributed by atoms with Gasteiger partial charge < -0.3 is 20.4 Å². The Balaban J connectivity index is 1.56. The topological polar surface area (TPSA) is 123 Å². The number of fused-ring (bicyclic) bond motifs is 4. The molecular weight excluding hydrogens is 494 g/mol. The predicted octanol–water partition coefficient (Wildman–Crippen LogP) is 4.46. The number of H-pyrrole nitrogens is 1. The maximum Gasteiger partial charge on any atom is 0.410 e. The largest absolute Gasteiger partial charge is 0.450 e. The highest BCUT2D eigenvalue weighted by molar-refractivity contribution is 6.11. The molecule has 39 heavy (non-hydrogen) atoms. The molecule has 2 aromatic heterocycles. The van der Waals surface area contributed by atoms with Crippen molar-refractivity contribution in [1.29, 1.82) is 0 Å². The molecule has 2 amide bonds. The molecule has 9 heteroatoms. The number of carbonyl (C=O) groups excluding carboxylic acids is 2. The molecule has 0 bridgehead atoms. The number of rotatable bonds is 4. The van der Waals surface area contributed by atoms with Gasteiger partial charge in [0.1, 0.15) is 6.33 Å². The van der Waals surface area contributed by atoms with Gasteiger partial charge in [-0.1, -0.05) is 30.3 Å². The Hall–Kier alpha value is -4.92. The van der Waals surface area contributed by atoms with Crippen LogP contribution >= 0.6 is 0 Å². The van der Waals surface area contributed by atoms with Crippen LogP contribution in [0.1, 0.15) is 34.1 Å². The van der Waals surface area contributed by atoms with Crippen LogP contribution in [-0.4, -0.2) is 44.6 Å². The van der Waals surface area contributed by atoms with Gasteiger partial charge in [0.15, 0.2) is 0 Å². The standard InChI is InChI=1S/C30H27N5O4/c1-3-39-30(38)34-14-13-24-22(15-34)26-19(11-12-21(28(31)36)27(26)33-24)18-8-6-10-25(17(18)2)35-16-32-23-9-5-4-7-20(23)29(35)37/h4-12,16,33H,3,13-15H2,1-2H3,(H2,31,36). The van der Waals surface area contributed by atoms with Crippen LogP contribution in [0, 0.1) is 6.92 Å². The molecule has 5 aromatic rings. The van der Waals surface area contributed by atoms with Crippen molar-refractivity contribution in [2.45, 2.75) is 26.8 Å². The Labute approximate surface area is 223 Å². The van der Waals surface area contributed by atoms with Gasteiger partial charge in [-0.3, -0.25) is 14.2 Å². The lowest BCUT2D eigenvalue weighted by molar-refractivity contribution is 0.0999. The van der Waals surface area contributed by atoms with E-state index in [4.69, 9.17) is 10.5 Å². The molecule has 1 aliphatic heterocycles. The summed E-state index contributed by atoms with van der Waals surface area (Å²) in [7, 11) is 0. The lowest BCUT2D eigenvalue weighted by Gasteiger charge is -2.26. The number of aromatic amines is 1. The highest BCUT2D eigenvalue weighted by Gasteiger charge is 2.28. The second-order valence-electron chi connectivity index (χ2n) is 9.61. The van der Waals surface area contributed by atoms with Gasteiger partial charge in [-0.05, 0) is 54.8 Å². The summed E-state index contributed by atoms with van der Waals surface area (Å²) in [5.41, 5.74) is 12.5. The summed E-state index contributed by atoms with van der Waals surface area (Å²) in [4.78, 5) is 47.9. The minimum absolute atomic E-state index is 0.154. The molecule has 3 aromatic carbocycles. The molecule has 196 valence electrons. The molecule has 0 saturated heterocycles. The lowest BCUT2D eigenvalue weighted by atomic mass is 9.91. The number of hydrogen-bond acceptors (Lipinski definition) is 5. The molecule has 0 radical (unpaired) electrons. The summed E-state index contributed by atoms with van der Waals surface area (Å²) in [5, 5.41) is 1.37. The van der Waals surface area contributed by atoms with Crippen LogP contribution in [-0.2, 0) is 17.7 Å². The third-order valence-electron chi connectivity index (χ3n) is 7.44. The van der Waals surface area contributed by atoms with E-state index < -0.39 is 5.91 Å². The third-order valence-corrected chi connectivity index (χ3v) is 7.44. The zero-order valence-electron chi connectivity index (χ0n) is 21.7. The van der Waals surface area contributed by atoms with Crippen LogP contribution in [0.5, 0.6) is 0 Å². The van der Waals surface area contributed by atoms with Crippen molar-refractivity contribution >= 4 is 33.8 Å². The van der Waals surface area contributed by atoms with E-state index >= 15 is 0 Å². The summed E-state index contributed by atoms with van der Waals surface area (Å²) in [6.07, 6.45) is 1.78. The maximum atomic E-state index is 13.4. The minimum Gasteiger partial charge on any atom is -0.450 e. The van der Waals surface area contributed by atoms with Gasteiger partial charge in [0.25, 0.3) is 11.5 Å². The van der Waals surface area contributed by atoms with Gasteiger partial charge in [-0.15, -0.1) is 0 Å². The van der Waals surface area contributed by atoms with E-state index in [0.29, 0.717) is 53.8 Å². The smallest absolute Gasteiger partial charge is 0.410 e. The molecule has 6 rings (SSSR count). The number of benzene rings is 3. The van der Waals surface area contributed by atoms with Crippen LogP contribution in [0.25, 0.3) is 38.6 Å². The number of ether oxygens (including phenoxy) is 1. The molecule has 0 fully saturated rings. The van der Waals surface area contributed by atoms with E-state index in [1.807, 2.05) is 49.4 Å². The van der Waals surface area contributed by atoms with Crippen LogP contribution in [0.3, 0.4) is 0 Å². The van der Waals surface area contributed by atoms with Crippen molar-refractivity contribution < 1.29 is 14.3 Å². The maximum absolute atomic E-state index is 13.4. The zero-order valence-corrected chi connectivity index (χ0v) is 21.7. The summed E-state index contributed by atoms with van der Waals surface area (Å²) < 4.78 is 6.81. The molecule has 1 aliphatic rings. The number of nitrogens with two attached hydrogens (primary N) is 1. The Bertz CT molecular complexity index is 1850. The zero-order chi connectivity index (χ0) is 27.3. The average molecular weight is 522 g/mol. The quantitative estimate of drug-likeness (QED) is 0.362. The number of carbonyl (C=O) groups is 2. The van der Waals surface area contributed by atoms with Crippen molar-refractivity contribution in [3.05, 3.63) is 93.7 Å². The Morgan fingerprint density at radius 2 is 1.90 bits per heavy atom. The van der Waals surface area contributed by atoms with E-state index in [0.717, 1.165) is 33.3 Å². The lowest BCUT2D eigenvalue weighted by Crippen LogP contribution is -2.36. The monoisotopic (exact) mass is 521 g/mol. The number of nitrogens with one attached hydrogen (secondary N) is 1. The van der Waals surface area contributed by atoms with E-state index in [1.54, 1.807) is 34.9 Å². The SMILES string of the molecule is CCOC(=O)N1CCc2[nH]c3c(C(N)=O)ccc(-c4cccc(-n5cnc6ccccc6c5=O)c4C)c3c2C1. The van der Waals surface area contributed by atoms with Crippen LogP contribution < -0.4 is 11.3 Å². The van der Waals surface area contributed by atoms with Gasteiger partial charge >= 0.3 is 6.09 Å². The molecule has 0 spiro atoms. The molecule has 3 N–H and O–H groups in total.